The van der Waals surface area contributed by atoms with Crippen LogP contribution in [0.15, 0.2) is 24.3 Å². The summed E-state index contributed by atoms with van der Waals surface area (Å²) in [6, 6.07) is 7.51. The molecule has 2 fully saturated rings. The topological polar surface area (TPSA) is 41.6 Å². The van der Waals surface area contributed by atoms with Crippen molar-refractivity contribution in [2.24, 2.45) is 11.8 Å². The average Bonchev–Trinajstić information content (AvgIpc) is 3.05. The molecule has 2 aliphatic heterocycles. The highest BCUT2D eigenvalue weighted by Gasteiger charge is 2.44. The van der Waals surface area contributed by atoms with Gasteiger partial charge in [-0.05, 0) is 36.5 Å². The molecule has 2 aliphatic rings. The molecule has 1 aromatic rings. The molecule has 2 heterocycles. The summed E-state index contributed by atoms with van der Waals surface area (Å²) in [4.78, 5) is 14.5. The van der Waals surface area contributed by atoms with Crippen molar-refractivity contribution in [1.82, 2.24) is 10.2 Å². The zero-order chi connectivity index (χ0) is 14.8. The minimum Gasteiger partial charge on any atom is -0.484 e. The lowest BCUT2D eigenvalue weighted by Crippen LogP contribution is -2.41. The number of nitrogens with one attached hydrogen (secondary N) is 1. The number of hydrogen-bond donors (Lipinski definition) is 1. The van der Waals surface area contributed by atoms with E-state index in [-0.39, 0.29) is 12.5 Å². The normalized spacial score (nSPS) is 27.7. The van der Waals surface area contributed by atoms with E-state index in [0.717, 1.165) is 26.1 Å². The van der Waals surface area contributed by atoms with Gasteiger partial charge in [0.05, 0.1) is 0 Å². The SMILES string of the molecule is CCC1C2CNCC2CN1C(=O)COc1cccc(Cl)c1. The lowest BCUT2D eigenvalue weighted by molar-refractivity contribution is -0.134. The van der Waals surface area contributed by atoms with E-state index in [4.69, 9.17) is 16.3 Å². The van der Waals surface area contributed by atoms with Gasteiger partial charge in [0.15, 0.2) is 6.61 Å². The number of fused-ring (bicyclic) bond motifs is 1. The van der Waals surface area contributed by atoms with Gasteiger partial charge in [0.25, 0.3) is 5.91 Å². The van der Waals surface area contributed by atoms with Crippen LogP contribution in [0.25, 0.3) is 0 Å². The summed E-state index contributed by atoms with van der Waals surface area (Å²) in [7, 11) is 0. The highest BCUT2D eigenvalue weighted by atomic mass is 35.5. The van der Waals surface area contributed by atoms with Crippen LogP contribution in [0.3, 0.4) is 0 Å². The number of carbonyl (C=O) groups excluding carboxylic acids is 1. The monoisotopic (exact) mass is 308 g/mol. The molecule has 3 unspecified atom stereocenters. The van der Waals surface area contributed by atoms with Gasteiger partial charge in [-0.25, -0.2) is 0 Å². The number of halogens is 1. The smallest absolute Gasteiger partial charge is 0.260 e. The summed E-state index contributed by atoms with van der Waals surface area (Å²) in [6.45, 7) is 5.16. The first-order chi connectivity index (χ1) is 10.2. The number of benzene rings is 1. The molecule has 0 aromatic heterocycles. The van der Waals surface area contributed by atoms with E-state index in [1.165, 1.54) is 0 Å². The summed E-state index contributed by atoms with van der Waals surface area (Å²) in [5.41, 5.74) is 0. The molecule has 3 atom stereocenters. The fourth-order valence-corrected chi connectivity index (χ4v) is 3.80. The van der Waals surface area contributed by atoms with E-state index < -0.39 is 0 Å². The molecule has 5 heteroatoms. The van der Waals surface area contributed by atoms with Crippen molar-refractivity contribution in [2.45, 2.75) is 19.4 Å². The third-order valence-corrected chi connectivity index (χ3v) is 4.85. The van der Waals surface area contributed by atoms with Crippen molar-refractivity contribution < 1.29 is 9.53 Å². The predicted molar refractivity (Wildman–Crippen MR) is 82.6 cm³/mol. The Morgan fingerprint density at radius 1 is 1.48 bits per heavy atom. The van der Waals surface area contributed by atoms with Crippen LogP contribution in [0, 0.1) is 11.8 Å². The molecule has 0 aliphatic carbocycles. The van der Waals surface area contributed by atoms with E-state index in [1.54, 1.807) is 12.1 Å². The van der Waals surface area contributed by atoms with Crippen molar-refractivity contribution >= 4 is 17.5 Å². The van der Waals surface area contributed by atoms with Gasteiger partial charge in [-0.15, -0.1) is 0 Å². The van der Waals surface area contributed by atoms with Gasteiger partial charge in [0.2, 0.25) is 0 Å². The van der Waals surface area contributed by atoms with Crippen LogP contribution in [0.4, 0.5) is 0 Å². The van der Waals surface area contributed by atoms with Crippen LogP contribution in [0.2, 0.25) is 5.02 Å². The Balaban J connectivity index is 1.60. The Bertz CT molecular complexity index is 523. The number of likely N-dealkylation sites (tertiary alicyclic amines) is 1. The van der Waals surface area contributed by atoms with Crippen LogP contribution in [0.5, 0.6) is 5.75 Å². The third-order valence-electron chi connectivity index (χ3n) is 4.61. The van der Waals surface area contributed by atoms with E-state index >= 15 is 0 Å². The van der Waals surface area contributed by atoms with Crippen LogP contribution in [-0.4, -0.2) is 43.1 Å². The summed E-state index contributed by atoms with van der Waals surface area (Å²) >= 11 is 5.92. The number of rotatable bonds is 4. The minimum absolute atomic E-state index is 0.0798. The third kappa shape index (κ3) is 3.01. The Kier molecular flexibility index (Phi) is 4.36. The summed E-state index contributed by atoms with van der Waals surface area (Å²) in [6.07, 6.45) is 1.01. The Morgan fingerprint density at radius 3 is 3.10 bits per heavy atom. The maximum atomic E-state index is 12.5. The van der Waals surface area contributed by atoms with Gasteiger partial charge in [-0.1, -0.05) is 24.6 Å². The maximum absolute atomic E-state index is 12.5. The van der Waals surface area contributed by atoms with Gasteiger partial charge >= 0.3 is 0 Å². The zero-order valence-electron chi connectivity index (χ0n) is 12.2. The van der Waals surface area contributed by atoms with E-state index in [2.05, 4.69) is 12.2 Å². The minimum atomic E-state index is 0.0798. The average molecular weight is 309 g/mol. The highest BCUT2D eigenvalue weighted by Crippen LogP contribution is 2.34. The predicted octanol–water partition coefficient (Wildman–Crippen LogP) is 2.18. The van der Waals surface area contributed by atoms with Gasteiger partial charge in [-0.3, -0.25) is 4.79 Å². The molecule has 1 aromatic carbocycles. The molecule has 4 nitrogen and oxygen atoms in total. The summed E-state index contributed by atoms with van der Waals surface area (Å²) in [5.74, 6) is 1.93. The summed E-state index contributed by atoms with van der Waals surface area (Å²) < 4.78 is 5.58. The van der Waals surface area contributed by atoms with Gasteiger partial charge in [0, 0.05) is 30.7 Å². The van der Waals surface area contributed by atoms with Crippen molar-refractivity contribution in [3.8, 4) is 5.75 Å². The Hall–Kier alpha value is -1.26. The molecular formula is C16H21ClN2O2. The van der Waals surface area contributed by atoms with Crippen LogP contribution in [0.1, 0.15) is 13.3 Å². The second kappa shape index (κ2) is 6.24. The zero-order valence-corrected chi connectivity index (χ0v) is 13.0. The molecule has 2 saturated heterocycles. The summed E-state index contributed by atoms with van der Waals surface area (Å²) in [5, 5.41) is 4.05. The molecule has 0 saturated carbocycles. The van der Waals surface area contributed by atoms with Gasteiger partial charge < -0.3 is 15.0 Å². The number of hydrogen-bond acceptors (Lipinski definition) is 3. The number of carbonyl (C=O) groups is 1. The van der Waals surface area contributed by atoms with E-state index in [0.29, 0.717) is 28.6 Å². The number of amides is 1. The fraction of sp³-hybridized carbons (Fsp3) is 0.562. The maximum Gasteiger partial charge on any atom is 0.260 e. The van der Waals surface area contributed by atoms with Crippen LogP contribution >= 0.6 is 11.6 Å². The largest absolute Gasteiger partial charge is 0.484 e. The first-order valence-corrected chi connectivity index (χ1v) is 7.95. The first-order valence-electron chi connectivity index (χ1n) is 7.57. The molecule has 1 amide bonds. The second-order valence-corrected chi connectivity index (χ2v) is 6.29. The fourth-order valence-electron chi connectivity index (χ4n) is 3.62. The lowest BCUT2D eigenvalue weighted by atomic mass is 9.93. The molecule has 0 radical (unpaired) electrons. The molecule has 1 N–H and O–H groups in total. The van der Waals surface area contributed by atoms with E-state index in [1.807, 2.05) is 17.0 Å². The van der Waals surface area contributed by atoms with Crippen LogP contribution < -0.4 is 10.1 Å². The highest BCUT2D eigenvalue weighted by molar-refractivity contribution is 6.30. The van der Waals surface area contributed by atoms with Gasteiger partial charge in [0.1, 0.15) is 5.75 Å². The van der Waals surface area contributed by atoms with Gasteiger partial charge in [-0.2, -0.15) is 0 Å². The molecule has 0 spiro atoms. The molecular weight excluding hydrogens is 288 g/mol. The van der Waals surface area contributed by atoms with Crippen molar-refractivity contribution in [3.63, 3.8) is 0 Å². The molecule has 3 rings (SSSR count). The van der Waals surface area contributed by atoms with Crippen LogP contribution in [-0.2, 0) is 4.79 Å². The molecule has 21 heavy (non-hydrogen) atoms. The second-order valence-electron chi connectivity index (χ2n) is 5.85. The van der Waals surface area contributed by atoms with Crippen molar-refractivity contribution in [1.29, 1.82) is 0 Å². The first kappa shape index (κ1) is 14.7. The molecule has 0 bridgehead atoms. The molecule has 114 valence electrons. The Labute approximate surface area is 130 Å². The standard InChI is InChI=1S/C16H21ClN2O2/c1-2-15-14-8-18-7-11(14)9-19(15)16(20)10-21-13-5-3-4-12(17)6-13/h3-6,11,14-15,18H,2,7-10H2,1H3. The quantitative estimate of drug-likeness (QED) is 0.927. The number of nitrogens with zero attached hydrogens (tertiary/aromatic N) is 1. The van der Waals surface area contributed by atoms with Crippen molar-refractivity contribution in [3.05, 3.63) is 29.3 Å². The van der Waals surface area contributed by atoms with Crippen molar-refractivity contribution in [2.75, 3.05) is 26.2 Å². The van der Waals surface area contributed by atoms with E-state index in [9.17, 15) is 4.79 Å². The Morgan fingerprint density at radius 2 is 2.33 bits per heavy atom. The number of ether oxygens (including phenoxy) is 1. The lowest BCUT2D eigenvalue weighted by Gasteiger charge is -2.27.